The van der Waals surface area contributed by atoms with Gasteiger partial charge in [-0.05, 0) is 62.3 Å². The lowest BCUT2D eigenvalue weighted by molar-refractivity contribution is -0.0265. The number of guanidine groups is 1. The molecule has 2 atom stereocenters. The van der Waals surface area contributed by atoms with E-state index < -0.39 is 0 Å². The fraction of sp³-hybridized carbons (Fsp3) is 0.538. The molecule has 2 unspecified atom stereocenters. The van der Waals surface area contributed by atoms with Crippen LogP contribution < -0.4 is 15.5 Å². The molecule has 3 heterocycles. The van der Waals surface area contributed by atoms with E-state index in [0.29, 0.717) is 5.92 Å². The number of ether oxygens (including phenoxy) is 1. The minimum Gasteiger partial charge on any atom is -0.373 e. The van der Waals surface area contributed by atoms with Crippen LogP contribution in [0.3, 0.4) is 0 Å². The Labute approximate surface area is 215 Å². The first-order valence-electron chi connectivity index (χ1n) is 12.1. The quantitative estimate of drug-likeness (QED) is 0.300. The first kappa shape index (κ1) is 25.7. The monoisotopic (exact) mass is 563 g/mol. The third-order valence-corrected chi connectivity index (χ3v) is 6.56. The molecule has 7 heteroatoms. The Hall–Kier alpha value is -1.87. The molecule has 0 amide bonds. The summed E-state index contributed by atoms with van der Waals surface area (Å²) in [6, 6.07) is 13.0. The lowest BCUT2D eigenvalue weighted by Gasteiger charge is -2.32. The number of nitrogens with one attached hydrogen (secondary N) is 2. The van der Waals surface area contributed by atoms with Crippen molar-refractivity contribution in [2.45, 2.75) is 51.7 Å². The Kier molecular flexibility index (Phi) is 10.2. The molecular weight excluding hydrogens is 525 g/mol. The summed E-state index contributed by atoms with van der Waals surface area (Å²) in [7, 11) is 1.83. The summed E-state index contributed by atoms with van der Waals surface area (Å²) in [5.41, 5.74) is 3.78. The molecule has 0 bridgehead atoms. The molecule has 1 aromatic heterocycles. The number of piperidine rings is 1. The number of pyridine rings is 1. The molecule has 0 spiro atoms. The van der Waals surface area contributed by atoms with Crippen LogP contribution in [0, 0.1) is 12.8 Å². The van der Waals surface area contributed by atoms with Gasteiger partial charge in [-0.3, -0.25) is 4.99 Å². The van der Waals surface area contributed by atoms with Gasteiger partial charge in [0.2, 0.25) is 0 Å². The van der Waals surface area contributed by atoms with Crippen molar-refractivity contribution in [3.63, 3.8) is 0 Å². The Morgan fingerprint density at radius 3 is 2.64 bits per heavy atom. The summed E-state index contributed by atoms with van der Waals surface area (Å²) in [5, 5.41) is 7.00. The number of aliphatic imine (C=N–C) groups is 1. The maximum Gasteiger partial charge on any atom is 0.191 e. The van der Waals surface area contributed by atoms with Crippen LogP contribution in [0.4, 0.5) is 5.82 Å². The van der Waals surface area contributed by atoms with Gasteiger partial charge in [0.1, 0.15) is 5.82 Å². The van der Waals surface area contributed by atoms with Crippen molar-refractivity contribution in [2.24, 2.45) is 10.9 Å². The van der Waals surface area contributed by atoms with Crippen LogP contribution in [0.1, 0.15) is 54.9 Å². The summed E-state index contributed by atoms with van der Waals surface area (Å²) in [6.45, 7) is 6.75. The molecule has 2 N–H and O–H groups in total. The third kappa shape index (κ3) is 7.30. The van der Waals surface area contributed by atoms with Crippen LogP contribution in [0.2, 0.25) is 0 Å². The lowest BCUT2D eigenvalue weighted by atomic mass is 9.89. The van der Waals surface area contributed by atoms with Gasteiger partial charge in [-0.25, -0.2) is 4.98 Å². The van der Waals surface area contributed by atoms with E-state index in [1.807, 2.05) is 13.2 Å². The zero-order valence-corrected chi connectivity index (χ0v) is 22.3. The molecule has 0 radical (unpaired) electrons. The van der Waals surface area contributed by atoms with E-state index in [-0.39, 0.29) is 30.1 Å². The normalized spacial score (nSPS) is 21.3. The van der Waals surface area contributed by atoms with Gasteiger partial charge in [0, 0.05) is 51.9 Å². The SMILES string of the molecule is CN=C(NCc1ccnc(N2CCCCC2)c1)NCC1CCCOC1c1ccc(C)cc1.I. The highest BCUT2D eigenvalue weighted by Crippen LogP contribution is 2.33. The lowest BCUT2D eigenvalue weighted by Crippen LogP contribution is -2.41. The second-order valence-electron chi connectivity index (χ2n) is 8.98. The summed E-state index contributed by atoms with van der Waals surface area (Å²) < 4.78 is 6.17. The second kappa shape index (κ2) is 13.1. The minimum atomic E-state index is 0. The molecule has 2 fully saturated rings. The van der Waals surface area contributed by atoms with Gasteiger partial charge in [0.15, 0.2) is 5.96 Å². The highest BCUT2D eigenvalue weighted by molar-refractivity contribution is 14.0. The number of nitrogens with zero attached hydrogens (tertiary/aromatic N) is 3. The van der Waals surface area contributed by atoms with E-state index in [0.717, 1.165) is 57.4 Å². The zero-order chi connectivity index (χ0) is 22.2. The largest absolute Gasteiger partial charge is 0.373 e. The van der Waals surface area contributed by atoms with Crippen LogP contribution in [0.15, 0.2) is 47.6 Å². The van der Waals surface area contributed by atoms with Gasteiger partial charge in [-0.2, -0.15) is 0 Å². The van der Waals surface area contributed by atoms with Crippen LogP contribution in [0.5, 0.6) is 0 Å². The van der Waals surface area contributed by atoms with E-state index in [9.17, 15) is 0 Å². The molecule has 0 saturated carbocycles. The number of halogens is 1. The van der Waals surface area contributed by atoms with Crippen molar-refractivity contribution < 1.29 is 4.74 Å². The molecule has 180 valence electrons. The van der Waals surface area contributed by atoms with Gasteiger partial charge in [-0.1, -0.05) is 29.8 Å². The first-order valence-corrected chi connectivity index (χ1v) is 12.1. The van der Waals surface area contributed by atoms with E-state index in [2.05, 4.69) is 68.8 Å². The number of hydrogen-bond donors (Lipinski definition) is 2. The number of anilines is 1. The molecule has 4 rings (SSSR count). The van der Waals surface area contributed by atoms with Gasteiger partial charge in [0.25, 0.3) is 0 Å². The summed E-state index contributed by atoms with van der Waals surface area (Å²) in [5.74, 6) is 2.35. The Morgan fingerprint density at radius 2 is 1.88 bits per heavy atom. The summed E-state index contributed by atoms with van der Waals surface area (Å²) >= 11 is 0. The van der Waals surface area contributed by atoms with Crippen molar-refractivity contribution in [3.8, 4) is 0 Å². The minimum absolute atomic E-state index is 0. The first-order chi connectivity index (χ1) is 15.7. The Balaban J connectivity index is 0.00000306. The molecule has 2 aliphatic heterocycles. The Morgan fingerprint density at radius 1 is 1.09 bits per heavy atom. The van der Waals surface area contributed by atoms with Crippen LogP contribution in [-0.4, -0.2) is 44.2 Å². The third-order valence-electron chi connectivity index (χ3n) is 6.56. The maximum absolute atomic E-state index is 6.17. The van der Waals surface area contributed by atoms with Crippen LogP contribution in [0.25, 0.3) is 0 Å². The molecule has 6 nitrogen and oxygen atoms in total. The van der Waals surface area contributed by atoms with Gasteiger partial charge in [-0.15, -0.1) is 24.0 Å². The number of rotatable bonds is 6. The van der Waals surface area contributed by atoms with E-state index in [4.69, 9.17) is 4.74 Å². The van der Waals surface area contributed by atoms with Crippen molar-refractivity contribution in [2.75, 3.05) is 38.2 Å². The summed E-state index contributed by atoms with van der Waals surface area (Å²) in [4.78, 5) is 11.4. The molecular formula is C26H38IN5O. The van der Waals surface area contributed by atoms with Gasteiger partial charge in [0.05, 0.1) is 6.10 Å². The number of hydrogen-bond acceptors (Lipinski definition) is 4. The average Bonchev–Trinajstić information content (AvgIpc) is 2.86. The van der Waals surface area contributed by atoms with Gasteiger partial charge >= 0.3 is 0 Å². The predicted octanol–water partition coefficient (Wildman–Crippen LogP) is 4.83. The van der Waals surface area contributed by atoms with Gasteiger partial charge < -0.3 is 20.3 Å². The number of benzene rings is 1. The Bertz CT molecular complexity index is 883. The molecule has 2 aromatic rings. The molecule has 2 saturated heterocycles. The van der Waals surface area contributed by atoms with Crippen LogP contribution >= 0.6 is 24.0 Å². The standard InChI is InChI=1S/C26H37N5O.HI/c1-20-8-10-22(11-9-20)25-23(7-6-16-32-25)19-30-26(27-2)29-18-21-12-13-28-24(17-21)31-14-4-3-5-15-31;/h8-13,17,23,25H,3-7,14-16,18-19H2,1-2H3,(H2,27,29,30);1H. The predicted molar refractivity (Wildman–Crippen MR) is 147 cm³/mol. The van der Waals surface area contributed by atoms with E-state index in [1.165, 1.54) is 36.0 Å². The van der Waals surface area contributed by atoms with Crippen molar-refractivity contribution in [1.82, 2.24) is 15.6 Å². The molecule has 0 aliphatic carbocycles. The smallest absolute Gasteiger partial charge is 0.191 e. The maximum atomic E-state index is 6.17. The molecule has 1 aromatic carbocycles. The van der Waals surface area contributed by atoms with E-state index >= 15 is 0 Å². The van der Waals surface area contributed by atoms with Crippen molar-refractivity contribution >= 4 is 35.8 Å². The number of aromatic nitrogens is 1. The second-order valence-corrected chi connectivity index (χ2v) is 8.98. The fourth-order valence-corrected chi connectivity index (χ4v) is 4.68. The topological polar surface area (TPSA) is 61.8 Å². The highest BCUT2D eigenvalue weighted by atomic mass is 127. The summed E-state index contributed by atoms with van der Waals surface area (Å²) in [6.07, 6.45) is 8.18. The zero-order valence-electron chi connectivity index (χ0n) is 19.9. The van der Waals surface area contributed by atoms with Crippen molar-refractivity contribution in [1.29, 1.82) is 0 Å². The molecule has 33 heavy (non-hydrogen) atoms. The highest BCUT2D eigenvalue weighted by Gasteiger charge is 2.27. The van der Waals surface area contributed by atoms with E-state index in [1.54, 1.807) is 0 Å². The van der Waals surface area contributed by atoms with Crippen LogP contribution in [-0.2, 0) is 11.3 Å². The fourth-order valence-electron chi connectivity index (χ4n) is 4.68. The number of aryl methyl sites for hydroxylation is 1. The molecule has 2 aliphatic rings. The average molecular weight is 564 g/mol. The van der Waals surface area contributed by atoms with Crippen molar-refractivity contribution in [3.05, 3.63) is 59.3 Å².